The van der Waals surface area contributed by atoms with Crippen LogP contribution in [0.2, 0.25) is 0 Å². The van der Waals surface area contributed by atoms with Crippen LogP contribution in [0.15, 0.2) is 54.7 Å². The lowest BCUT2D eigenvalue weighted by atomic mass is 9.98. The van der Waals surface area contributed by atoms with Gasteiger partial charge in [-0.3, -0.25) is 4.90 Å². The molecule has 0 saturated heterocycles. The Kier molecular flexibility index (Phi) is 5.47. The first-order valence-corrected chi connectivity index (χ1v) is 9.69. The average molecular weight is 416 g/mol. The van der Waals surface area contributed by atoms with E-state index in [0.29, 0.717) is 24.6 Å². The molecule has 1 aromatic heterocycles. The highest BCUT2D eigenvalue weighted by Crippen LogP contribution is 2.35. The maximum absolute atomic E-state index is 13.5. The van der Waals surface area contributed by atoms with Crippen LogP contribution in [0.1, 0.15) is 22.4 Å². The molecule has 0 amide bonds. The number of ether oxygens (including phenoxy) is 2. The molecule has 0 spiro atoms. The molecule has 0 bridgehead atoms. The van der Waals surface area contributed by atoms with Gasteiger partial charge in [0, 0.05) is 31.5 Å². The molecule has 0 fully saturated rings. The highest BCUT2D eigenvalue weighted by Gasteiger charge is 2.34. The molecule has 0 atom stereocenters. The van der Waals surface area contributed by atoms with E-state index in [1.807, 2.05) is 18.2 Å². The molecule has 30 heavy (non-hydrogen) atoms. The molecule has 0 aliphatic carbocycles. The normalized spacial score (nSPS) is 14.4. The monoisotopic (exact) mass is 416 g/mol. The van der Waals surface area contributed by atoms with E-state index in [0.717, 1.165) is 30.3 Å². The van der Waals surface area contributed by atoms with Crippen LogP contribution in [0.25, 0.3) is 5.69 Å². The van der Waals surface area contributed by atoms with Gasteiger partial charge in [-0.25, -0.2) is 0 Å². The Hall–Kier alpha value is -2.93. The molecule has 4 rings (SSSR count). The molecular formula is C23H23F3N2O2. The second-order valence-electron chi connectivity index (χ2n) is 7.32. The minimum atomic E-state index is -4.40. The zero-order chi connectivity index (χ0) is 21.3. The van der Waals surface area contributed by atoms with E-state index in [2.05, 4.69) is 4.90 Å². The van der Waals surface area contributed by atoms with E-state index < -0.39 is 11.7 Å². The van der Waals surface area contributed by atoms with Gasteiger partial charge in [0.25, 0.3) is 0 Å². The van der Waals surface area contributed by atoms with Crippen LogP contribution in [0.5, 0.6) is 11.5 Å². The number of fused-ring (bicyclic) bond motifs is 1. The minimum Gasteiger partial charge on any atom is -0.493 e. The minimum absolute atomic E-state index is 0.147. The first-order valence-electron chi connectivity index (χ1n) is 9.69. The van der Waals surface area contributed by atoms with Crippen molar-refractivity contribution in [2.75, 3.05) is 20.8 Å². The molecular weight excluding hydrogens is 393 g/mol. The average Bonchev–Trinajstić information content (AvgIpc) is 3.20. The molecule has 1 aliphatic rings. The van der Waals surface area contributed by atoms with Crippen LogP contribution in [0, 0.1) is 0 Å². The second-order valence-corrected chi connectivity index (χ2v) is 7.32. The molecule has 7 heteroatoms. The fraction of sp³-hybridized carbons (Fsp3) is 0.304. The molecule has 4 nitrogen and oxygen atoms in total. The van der Waals surface area contributed by atoms with E-state index in [1.54, 1.807) is 37.1 Å². The van der Waals surface area contributed by atoms with Gasteiger partial charge in [-0.1, -0.05) is 12.1 Å². The number of rotatable bonds is 5. The highest BCUT2D eigenvalue weighted by molar-refractivity contribution is 5.48. The molecule has 0 N–H and O–H groups in total. The number of alkyl halides is 3. The number of nitrogens with zero attached hydrogens (tertiary/aromatic N) is 2. The third-order valence-electron chi connectivity index (χ3n) is 5.48. The maximum Gasteiger partial charge on any atom is 0.418 e. The molecule has 0 saturated carbocycles. The van der Waals surface area contributed by atoms with Crippen molar-refractivity contribution in [1.82, 2.24) is 9.47 Å². The summed E-state index contributed by atoms with van der Waals surface area (Å²) in [4.78, 5) is 2.23. The number of hydrogen-bond donors (Lipinski definition) is 0. The summed E-state index contributed by atoms with van der Waals surface area (Å²) in [6.45, 7) is 2.06. The predicted octanol–water partition coefficient (Wildman–Crippen LogP) is 5.07. The lowest BCUT2D eigenvalue weighted by Gasteiger charge is -2.30. The maximum atomic E-state index is 13.5. The molecule has 0 unspecified atom stereocenters. The zero-order valence-electron chi connectivity index (χ0n) is 16.9. The fourth-order valence-electron chi connectivity index (χ4n) is 4.01. The van der Waals surface area contributed by atoms with Crippen molar-refractivity contribution in [3.8, 4) is 17.2 Å². The fourth-order valence-corrected chi connectivity index (χ4v) is 4.01. The smallest absolute Gasteiger partial charge is 0.418 e. The van der Waals surface area contributed by atoms with E-state index in [1.165, 1.54) is 17.7 Å². The van der Waals surface area contributed by atoms with Gasteiger partial charge in [-0.15, -0.1) is 0 Å². The molecule has 2 aromatic carbocycles. The Bertz CT molecular complexity index is 1040. The van der Waals surface area contributed by atoms with Gasteiger partial charge >= 0.3 is 6.18 Å². The third kappa shape index (κ3) is 3.89. The Morgan fingerprint density at radius 3 is 2.33 bits per heavy atom. The Morgan fingerprint density at radius 1 is 0.933 bits per heavy atom. The number of para-hydroxylation sites is 1. The van der Waals surface area contributed by atoms with Gasteiger partial charge < -0.3 is 14.0 Å². The first-order chi connectivity index (χ1) is 14.4. The predicted molar refractivity (Wildman–Crippen MR) is 108 cm³/mol. The molecule has 2 heterocycles. The third-order valence-corrected chi connectivity index (χ3v) is 5.48. The van der Waals surface area contributed by atoms with Gasteiger partial charge in [0.05, 0.1) is 25.5 Å². The van der Waals surface area contributed by atoms with Gasteiger partial charge in [0.1, 0.15) is 0 Å². The van der Waals surface area contributed by atoms with E-state index in [-0.39, 0.29) is 5.69 Å². The SMILES string of the molecule is COc1cc2c(cc1OC)CN(Cc1cccn1-c1ccccc1C(F)(F)F)CC2. The van der Waals surface area contributed by atoms with Crippen molar-refractivity contribution < 1.29 is 22.6 Å². The van der Waals surface area contributed by atoms with Crippen molar-refractivity contribution in [2.24, 2.45) is 0 Å². The van der Waals surface area contributed by atoms with Crippen LogP contribution >= 0.6 is 0 Å². The number of hydrogen-bond acceptors (Lipinski definition) is 3. The molecule has 3 aromatic rings. The van der Waals surface area contributed by atoms with E-state index in [4.69, 9.17) is 9.47 Å². The summed E-state index contributed by atoms with van der Waals surface area (Å²) < 4.78 is 52.9. The molecule has 158 valence electrons. The van der Waals surface area contributed by atoms with Crippen molar-refractivity contribution in [2.45, 2.75) is 25.7 Å². The standard InChI is InChI=1S/C23H23F3N2O2/c1-29-21-12-16-9-11-27(14-17(16)13-22(21)30-2)15-18-6-5-10-28(18)20-8-4-3-7-19(20)23(24,25)26/h3-8,10,12-13H,9,11,14-15H2,1-2H3. The largest absolute Gasteiger partial charge is 0.493 e. The topological polar surface area (TPSA) is 26.6 Å². The van der Waals surface area contributed by atoms with E-state index in [9.17, 15) is 13.2 Å². The number of methoxy groups -OCH3 is 2. The molecule has 0 radical (unpaired) electrons. The van der Waals surface area contributed by atoms with E-state index >= 15 is 0 Å². The quantitative estimate of drug-likeness (QED) is 0.581. The van der Waals surface area contributed by atoms with Crippen LogP contribution < -0.4 is 9.47 Å². The van der Waals surface area contributed by atoms with Crippen LogP contribution in [-0.4, -0.2) is 30.2 Å². The molecule has 1 aliphatic heterocycles. The summed E-state index contributed by atoms with van der Waals surface area (Å²) in [5.41, 5.74) is 2.68. The zero-order valence-corrected chi connectivity index (χ0v) is 16.9. The summed E-state index contributed by atoms with van der Waals surface area (Å²) >= 11 is 0. The van der Waals surface area contributed by atoms with Crippen molar-refractivity contribution >= 4 is 0 Å². The number of benzene rings is 2. The van der Waals surface area contributed by atoms with Crippen LogP contribution in [0.3, 0.4) is 0 Å². The van der Waals surface area contributed by atoms with Crippen molar-refractivity contribution in [1.29, 1.82) is 0 Å². The van der Waals surface area contributed by atoms with Crippen LogP contribution in [-0.2, 0) is 25.7 Å². The summed E-state index contributed by atoms with van der Waals surface area (Å²) in [5, 5.41) is 0. The Morgan fingerprint density at radius 2 is 1.63 bits per heavy atom. The van der Waals surface area contributed by atoms with Crippen molar-refractivity contribution in [3.05, 3.63) is 77.1 Å². The summed E-state index contributed by atoms with van der Waals surface area (Å²) in [6, 6.07) is 13.3. The van der Waals surface area contributed by atoms with Gasteiger partial charge in [-0.05, 0) is 53.9 Å². The Labute approximate surface area is 173 Å². The second kappa shape index (κ2) is 8.07. The number of aromatic nitrogens is 1. The lowest BCUT2D eigenvalue weighted by molar-refractivity contribution is -0.137. The summed E-state index contributed by atoms with van der Waals surface area (Å²) in [6.07, 6.45) is -1.88. The summed E-state index contributed by atoms with van der Waals surface area (Å²) in [7, 11) is 3.22. The Balaban J connectivity index is 1.60. The lowest BCUT2D eigenvalue weighted by Crippen LogP contribution is -2.31. The highest BCUT2D eigenvalue weighted by atomic mass is 19.4. The van der Waals surface area contributed by atoms with Gasteiger partial charge in [0.2, 0.25) is 0 Å². The first kappa shape index (κ1) is 20.3. The van der Waals surface area contributed by atoms with Crippen LogP contribution in [0.4, 0.5) is 13.2 Å². The van der Waals surface area contributed by atoms with Gasteiger partial charge in [-0.2, -0.15) is 13.2 Å². The van der Waals surface area contributed by atoms with Gasteiger partial charge in [0.15, 0.2) is 11.5 Å². The number of halogens is 3. The van der Waals surface area contributed by atoms with Crippen molar-refractivity contribution in [3.63, 3.8) is 0 Å². The summed E-state index contributed by atoms with van der Waals surface area (Å²) in [5.74, 6) is 1.39.